The average molecular weight is 293 g/mol. The number of rotatable bonds is 2. The first-order valence-electron chi connectivity index (χ1n) is 6.65. The lowest BCUT2D eigenvalue weighted by Gasteiger charge is -2.03. The summed E-state index contributed by atoms with van der Waals surface area (Å²) in [6.45, 7) is 2.02. The van der Waals surface area contributed by atoms with Gasteiger partial charge in [-0.15, -0.1) is 0 Å². The van der Waals surface area contributed by atoms with Gasteiger partial charge in [-0.05, 0) is 19.1 Å². The SMILES string of the molecule is Cc1ccc2c(cnn2-c2cnc3[nH]cc(C(=O)O)c3n2)c1. The number of carboxylic acid groups (broad SMARTS) is 1. The minimum absolute atomic E-state index is 0.0941. The molecule has 7 heteroatoms. The molecule has 0 saturated heterocycles. The van der Waals surface area contributed by atoms with Crippen molar-refractivity contribution >= 4 is 28.0 Å². The van der Waals surface area contributed by atoms with Crippen molar-refractivity contribution in [2.45, 2.75) is 6.92 Å². The first-order chi connectivity index (χ1) is 10.6. The third kappa shape index (κ3) is 1.76. The van der Waals surface area contributed by atoms with Crippen LogP contribution in [0.4, 0.5) is 0 Å². The molecule has 0 spiro atoms. The number of nitrogens with zero attached hydrogens (tertiary/aromatic N) is 4. The van der Waals surface area contributed by atoms with Crippen molar-refractivity contribution < 1.29 is 9.90 Å². The van der Waals surface area contributed by atoms with Crippen LogP contribution in [0.15, 0.2) is 36.8 Å². The van der Waals surface area contributed by atoms with Crippen LogP contribution in [0.2, 0.25) is 0 Å². The highest BCUT2D eigenvalue weighted by Crippen LogP contribution is 2.20. The van der Waals surface area contributed by atoms with Crippen molar-refractivity contribution in [3.8, 4) is 5.82 Å². The third-order valence-electron chi connectivity index (χ3n) is 3.54. The van der Waals surface area contributed by atoms with E-state index in [-0.39, 0.29) is 5.56 Å². The summed E-state index contributed by atoms with van der Waals surface area (Å²) in [5, 5.41) is 14.5. The van der Waals surface area contributed by atoms with Crippen LogP contribution in [0, 0.1) is 6.92 Å². The highest BCUT2D eigenvalue weighted by molar-refractivity contribution is 6.00. The van der Waals surface area contributed by atoms with Crippen molar-refractivity contribution in [2.24, 2.45) is 0 Å². The summed E-state index contributed by atoms with van der Waals surface area (Å²) in [5.74, 6) is -0.563. The highest BCUT2D eigenvalue weighted by atomic mass is 16.4. The van der Waals surface area contributed by atoms with Gasteiger partial charge in [-0.2, -0.15) is 5.10 Å². The molecule has 0 aliphatic rings. The van der Waals surface area contributed by atoms with E-state index in [4.69, 9.17) is 0 Å². The predicted molar refractivity (Wildman–Crippen MR) is 80.2 cm³/mol. The van der Waals surface area contributed by atoms with E-state index in [0.717, 1.165) is 16.5 Å². The molecule has 0 amide bonds. The number of carbonyl (C=O) groups is 1. The molecule has 3 aromatic heterocycles. The largest absolute Gasteiger partial charge is 0.478 e. The van der Waals surface area contributed by atoms with Gasteiger partial charge in [0.25, 0.3) is 0 Å². The number of aromatic amines is 1. The zero-order valence-electron chi connectivity index (χ0n) is 11.6. The summed E-state index contributed by atoms with van der Waals surface area (Å²) in [4.78, 5) is 22.6. The first-order valence-corrected chi connectivity index (χ1v) is 6.65. The molecule has 0 aliphatic carbocycles. The number of benzene rings is 1. The molecule has 0 radical (unpaired) electrons. The predicted octanol–water partition coefficient (Wildman–Crippen LogP) is 2.30. The summed E-state index contributed by atoms with van der Waals surface area (Å²) < 4.78 is 1.65. The van der Waals surface area contributed by atoms with Gasteiger partial charge in [-0.3, -0.25) is 0 Å². The van der Waals surface area contributed by atoms with Crippen molar-refractivity contribution in [1.82, 2.24) is 24.7 Å². The number of hydrogen-bond donors (Lipinski definition) is 2. The summed E-state index contributed by atoms with van der Waals surface area (Å²) in [7, 11) is 0. The average Bonchev–Trinajstić information content (AvgIpc) is 3.09. The molecule has 0 aliphatic heterocycles. The molecule has 4 aromatic rings. The molecule has 7 nitrogen and oxygen atoms in total. The van der Waals surface area contributed by atoms with Crippen LogP contribution in [-0.2, 0) is 0 Å². The van der Waals surface area contributed by atoms with Gasteiger partial charge in [0.2, 0.25) is 0 Å². The molecule has 1 aromatic carbocycles. The maximum Gasteiger partial charge on any atom is 0.339 e. The van der Waals surface area contributed by atoms with Crippen LogP contribution in [0.1, 0.15) is 15.9 Å². The molecule has 0 bridgehead atoms. The minimum atomic E-state index is -1.04. The smallest absolute Gasteiger partial charge is 0.339 e. The van der Waals surface area contributed by atoms with E-state index >= 15 is 0 Å². The maximum atomic E-state index is 11.2. The fraction of sp³-hybridized carbons (Fsp3) is 0.0667. The first kappa shape index (κ1) is 12.5. The standard InChI is InChI=1S/C15H11N5O2/c1-8-2-3-11-9(4-8)5-18-20(11)12-7-17-14-13(19-12)10(6-16-14)15(21)22/h2-7H,1H3,(H,16,17)(H,21,22). The Morgan fingerprint density at radius 1 is 1.32 bits per heavy atom. The second-order valence-electron chi connectivity index (χ2n) is 5.05. The van der Waals surface area contributed by atoms with Crippen molar-refractivity contribution in [3.05, 3.63) is 47.9 Å². The van der Waals surface area contributed by atoms with Crippen LogP contribution in [-0.4, -0.2) is 35.8 Å². The Morgan fingerprint density at radius 3 is 3.00 bits per heavy atom. The van der Waals surface area contributed by atoms with Crippen molar-refractivity contribution in [2.75, 3.05) is 0 Å². The number of hydrogen-bond acceptors (Lipinski definition) is 4. The Bertz CT molecular complexity index is 1030. The molecule has 2 N–H and O–H groups in total. The lowest BCUT2D eigenvalue weighted by Crippen LogP contribution is -2.02. The van der Waals surface area contributed by atoms with E-state index in [1.165, 1.54) is 6.20 Å². The molecule has 0 fully saturated rings. The Balaban J connectivity index is 1.96. The zero-order valence-corrected chi connectivity index (χ0v) is 11.6. The molecule has 0 saturated carbocycles. The third-order valence-corrected chi connectivity index (χ3v) is 3.54. The van der Waals surface area contributed by atoms with Gasteiger partial charge >= 0.3 is 5.97 Å². The van der Waals surface area contributed by atoms with Gasteiger partial charge in [0.05, 0.1) is 17.9 Å². The second-order valence-corrected chi connectivity index (χ2v) is 5.05. The molecular weight excluding hydrogens is 282 g/mol. The van der Waals surface area contributed by atoms with E-state index in [0.29, 0.717) is 17.0 Å². The lowest BCUT2D eigenvalue weighted by molar-refractivity contribution is 0.0699. The van der Waals surface area contributed by atoms with Crippen LogP contribution in [0.25, 0.3) is 27.9 Å². The summed E-state index contributed by atoms with van der Waals surface area (Å²) in [6, 6.07) is 5.98. The Kier molecular flexibility index (Phi) is 2.50. The number of fused-ring (bicyclic) bond motifs is 2. The van der Waals surface area contributed by atoms with Gasteiger partial charge in [-0.25, -0.2) is 19.4 Å². The van der Waals surface area contributed by atoms with E-state index in [1.807, 2.05) is 25.1 Å². The van der Waals surface area contributed by atoms with Crippen LogP contribution in [0.5, 0.6) is 0 Å². The number of H-pyrrole nitrogens is 1. The molecular formula is C15H11N5O2. The normalized spacial score (nSPS) is 11.3. The van der Waals surface area contributed by atoms with Gasteiger partial charge in [0.1, 0.15) is 11.1 Å². The number of nitrogens with one attached hydrogen (secondary N) is 1. The van der Waals surface area contributed by atoms with Crippen molar-refractivity contribution in [3.63, 3.8) is 0 Å². The topological polar surface area (TPSA) is 96.7 Å². The fourth-order valence-corrected chi connectivity index (χ4v) is 2.48. The molecule has 0 atom stereocenters. The fourth-order valence-electron chi connectivity index (χ4n) is 2.48. The zero-order chi connectivity index (χ0) is 15.3. The summed E-state index contributed by atoms with van der Waals surface area (Å²) in [5.41, 5.74) is 2.89. The van der Waals surface area contributed by atoms with E-state index in [9.17, 15) is 9.90 Å². The van der Waals surface area contributed by atoms with Crippen molar-refractivity contribution in [1.29, 1.82) is 0 Å². The van der Waals surface area contributed by atoms with Gasteiger partial charge < -0.3 is 10.1 Å². The number of aromatic nitrogens is 5. The van der Waals surface area contributed by atoms with Gasteiger partial charge in [-0.1, -0.05) is 11.6 Å². The number of carboxylic acids is 1. The molecule has 22 heavy (non-hydrogen) atoms. The van der Waals surface area contributed by atoms with E-state index < -0.39 is 5.97 Å². The number of aryl methyl sites for hydroxylation is 1. The Hall–Kier alpha value is -3.22. The van der Waals surface area contributed by atoms with E-state index in [2.05, 4.69) is 20.1 Å². The minimum Gasteiger partial charge on any atom is -0.478 e. The summed E-state index contributed by atoms with van der Waals surface area (Å²) in [6.07, 6.45) is 4.71. The Morgan fingerprint density at radius 2 is 2.18 bits per heavy atom. The maximum absolute atomic E-state index is 11.2. The molecule has 0 unspecified atom stereocenters. The molecule has 108 valence electrons. The molecule has 4 rings (SSSR count). The van der Waals surface area contributed by atoms with Gasteiger partial charge in [0, 0.05) is 11.6 Å². The Labute approximate surface area is 124 Å². The number of aromatic carboxylic acids is 1. The summed E-state index contributed by atoms with van der Waals surface area (Å²) >= 11 is 0. The van der Waals surface area contributed by atoms with Crippen LogP contribution >= 0.6 is 0 Å². The lowest BCUT2D eigenvalue weighted by atomic mass is 10.2. The van der Waals surface area contributed by atoms with Crippen LogP contribution in [0.3, 0.4) is 0 Å². The van der Waals surface area contributed by atoms with Gasteiger partial charge in [0.15, 0.2) is 11.5 Å². The highest BCUT2D eigenvalue weighted by Gasteiger charge is 2.15. The molecule has 3 heterocycles. The van der Waals surface area contributed by atoms with Crippen LogP contribution < -0.4 is 0 Å². The monoisotopic (exact) mass is 293 g/mol. The second kappa shape index (κ2) is 4.39. The quantitative estimate of drug-likeness (QED) is 0.591. The van der Waals surface area contributed by atoms with E-state index in [1.54, 1.807) is 17.1 Å².